The van der Waals surface area contributed by atoms with Crippen molar-refractivity contribution in [3.63, 3.8) is 0 Å². The number of thioether (sulfide) groups is 1. The first-order valence-corrected chi connectivity index (χ1v) is 11.6. The second-order valence-electron chi connectivity index (χ2n) is 7.26. The van der Waals surface area contributed by atoms with E-state index in [9.17, 15) is 19.7 Å². The molecule has 0 fully saturated rings. The Bertz CT molecular complexity index is 933. The number of nitro groups is 1. The molecule has 0 aliphatic heterocycles. The van der Waals surface area contributed by atoms with Crippen LogP contribution in [0.2, 0.25) is 0 Å². The van der Waals surface area contributed by atoms with Crippen molar-refractivity contribution < 1.29 is 14.5 Å². The van der Waals surface area contributed by atoms with E-state index in [4.69, 9.17) is 0 Å². The van der Waals surface area contributed by atoms with Gasteiger partial charge in [-0.25, -0.2) is 5.43 Å². The molecule has 170 valence electrons. The molecule has 9 heteroatoms. The molecule has 0 saturated heterocycles. The van der Waals surface area contributed by atoms with Crippen molar-refractivity contribution in [3.8, 4) is 0 Å². The van der Waals surface area contributed by atoms with Gasteiger partial charge in [0.1, 0.15) is 6.04 Å². The number of benzene rings is 2. The van der Waals surface area contributed by atoms with E-state index in [0.717, 1.165) is 30.5 Å². The predicted octanol–water partition coefficient (Wildman–Crippen LogP) is 4.31. The lowest BCUT2D eigenvalue weighted by Crippen LogP contribution is -2.47. The highest BCUT2D eigenvalue weighted by molar-refractivity contribution is 7.98. The zero-order valence-electron chi connectivity index (χ0n) is 18.2. The second kappa shape index (κ2) is 13.3. The van der Waals surface area contributed by atoms with E-state index in [-0.39, 0.29) is 11.3 Å². The van der Waals surface area contributed by atoms with Crippen LogP contribution >= 0.6 is 11.8 Å². The van der Waals surface area contributed by atoms with E-state index in [1.807, 2.05) is 37.3 Å². The van der Waals surface area contributed by atoms with Crippen LogP contribution in [0.4, 0.5) is 5.69 Å². The maximum Gasteiger partial charge on any atom is 0.269 e. The molecule has 8 nitrogen and oxygen atoms in total. The minimum atomic E-state index is -0.811. The third kappa shape index (κ3) is 8.50. The van der Waals surface area contributed by atoms with Gasteiger partial charge in [-0.2, -0.15) is 16.9 Å². The van der Waals surface area contributed by atoms with E-state index in [2.05, 4.69) is 22.8 Å². The number of hydrogen-bond donors (Lipinski definition) is 2. The highest BCUT2D eigenvalue weighted by atomic mass is 32.2. The van der Waals surface area contributed by atoms with E-state index in [0.29, 0.717) is 11.5 Å². The first-order chi connectivity index (χ1) is 15.4. The molecule has 0 unspecified atom stereocenters. The molecule has 2 aromatic carbocycles. The Morgan fingerprint density at radius 3 is 2.44 bits per heavy atom. The summed E-state index contributed by atoms with van der Waals surface area (Å²) in [4.78, 5) is 35.7. The first-order valence-electron chi connectivity index (χ1n) is 10.4. The molecule has 2 amide bonds. The van der Waals surface area contributed by atoms with E-state index >= 15 is 0 Å². The fourth-order valence-electron chi connectivity index (χ4n) is 2.74. The lowest BCUT2D eigenvalue weighted by Gasteiger charge is -2.17. The second-order valence-corrected chi connectivity index (χ2v) is 8.29. The number of nitrogens with zero attached hydrogens (tertiary/aromatic N) is 2. The van der Waals surface area contributed by atoms with Crippen molar-refractivity contribution in [2.45, 2.75) is 44.9 Å². The van der Waals surface area contributed by atoms with E-state index in [1.165, 1.54) is 36.0 Å². The molecule has 0 aromatic heterocycles. The van der Waals surface area contributed by atoms with Crippen LogP contribution in [-0.4, -0.2) is 34.2 Å². The van der Waals surface area contributed by atoms with Gasteiger partial charge in [0.2, 0.25) is 0 Å². The van der Waals surface area contributed by atoms with Gasteiger partial charge in [0.25, 0.3) is 17.5 Å². The molecule has 2 N–H and O–H groups in total. The van der Waals surface area contributed by atoms with Crippen LogP contribution in [0.15, 0.2) is 59.7 Å². The molecule has 0 aliphatic carbocycles. The number of amides is 2. The summed E-state index contributed by atoms with van der Waals surface area (Å²) in [6.07, 6.45) is 2.81. The molecule has 0 aliphatic rings. The van der Waals surface area contributed by atoms with Gasteiger partial charge in [0.05, 0.1) is 4.92 Å². The van der Waals surface area contributed by atoms with Gasteiger partial charge in [-0.05, 0) is 37.5 Å². The number of carbonyl (C=O) groups excluding carboxylic acids is 2. The minimum absolute atomic E-state index is 0.105. The van der Waals surface area contributed by atoms with Crippen LogP contribution in [0.3, 0.4) is 0 Å². The molecular formula is C23H28N4O4S. The van der Waals surface area contributed by atoms with Gasteiger partial charge in [-0.15, -0.1) is 0 Å². The summed E-state index contributed by atoms with van der Waals surface area (Å²) in [7, 11) is 0. The van der Waals surface area contributed by atoms with Crippen molar-refractivity contribution in [2.24, 2.45) is 5.10 Å². The lowest BCUT2D eigenvalue weighted by atomic mass is 10.2. The van der Waals surface area contributed by atoms with Crippen LogP contribution in [0, 0.1) is 10.1 Å². The number of hydrazone groups is 1. The Kier molecular flexibility index (Phi) is 10.4. The monoisotopic (exact) mass is 456 g/mol. The van der Waals surface area contributed by atoms with Gasteiger partial charge in [-0.1, -0.05) is 43.7 Å². The van der Waals surface area contributed by atoms with Gasteiger partial charge >= 0.3 is 0 Å². The summed E-state index contributed by atoms with van der Waals surface area (Å²) < 4.78 is 0. The summed E-state index contributed by atoms with van der Waals surface area (Å²) in [6, 6.07) is 14.3. The third-order valence-corrected chi connectivity index (χ3v) is 5.71. The molecular weight excluding hydrogens is 428 g/mol. The zero-order chi connectivity index (χ0) is 23.3. The molecule has 2 aromatic rings. The number of nitro benzene ring substituents is 1. The van der Waals surface area contributed by atoms with E-state index < -0.39 is 22.8 Å². The number of hydrogen-bond acceptors (Lipinski definition) is 6. The van der Waals surface area contributed by atoms with Crippen LogP contribution in [0.5, 0.6) is 0 Å². The molecule has 1 atom stereocenters. The van der Waals surface area contributed by atoms with Crippen LogP contribution in [-0.2, 0) is 10.5 Å². The maximum absolute atomic E-state index is 12.7. The number of unbranched alkanes of at least 4 members (excludes halogenated alkanes) is 1. The maximum atomic E-state index is 12.7. The quantitative estimate of drug-likeness (QED) is 0.281. The topological polar surface area (TPSA) is 114 Å². The average molecular weight is 457 g/mol. The fourth-order valence-corrected chi connectivity index (χ4v) is 3.76. The summed E-state index contributed by atoms with van der Waals surface area (Å²) >= 11 is 1.52. The molecule has 2 rings (SSSR count). The smallest absolute Gasteiger partial charge is 0.269 e. The Labute approximate surface area is 192 Å². The standard InChI is InChI=1S/C23H28N4O4S/c1-3-4-8-17(2)25-26-23(29)21(16-32-15-18-9-6-5-7-10-18)24-22(28)19-11-13-20(14-12-19)27(30)31/h5-7,9-14,21H,3-4,8,15-16H2,1-2H3,(H,24,28)(H,26,29)/b25-17-/t21-/m0/s1. The lowest BCUT2D eigenvalue weighted by molar-refractivity contribution is -0.384. The summed E-state index contributed by atoms with van der Waals surface area (Å²) in [6.45, 7) is 3.93. The summed E-state index contributed by atoms with van der Waals surface area (Å²) in [5, 5.41) is 17.7. The normalized spacial score (nSPS) is 12.1. The zero-order valence-corrected chi connectivity index (χ0v) is 19.1. The van der Waals surface area contributed by atoms with Gasteiger partial charge in [0, 0.05) is 34.9 Å². The molecule has 32 heavy (non-hydrogen) atoms. The van der Waals surface area contributed by atoms with Crippen LogP contribution in [0.1, 0.15) is 49.0 Å². The average Bonchev–Trinajstić information content (AvgIpc) is 2.81. The summed E-state index contributed by atoms with van der Waals surface area (Å²) in [5.74, 6) is 0.156. The number of nitrogens with one attached hydrogen (secondary N) is 2. The number of non-ortho nitro benzene ring substituents is 1. The Morgan fingerprint density at radius 1 is 1.12 bits per heavy atom. The van der Waals surface area contributed by atoms with Crippen LogP contribution < -0.4 is 10.7 Å². The van der Waals surface area contributed by atoms with Crippen molar-refractivity contribution >= 4 is 35.0 Å². The molecule has 0 spiro atoms. The first kappa shape index (κ1) is 25.1. The van der Waals surface area contributed by atoms with Crippen molar-refractivity contribution in [3.05, 3.63) is 75.8 Å². The van der Waals surface area contributed by atoms with Crippen LogP contribution in [0.25, 0.3) is 0 Å². The van der Waals surface area contributed by atoms with Crippen molar-refractivity contribution in [1.29, 1.82) is 0 Å². The Morgan fingerprint density at radius 2 is 1.81 bits per heavy atom. The SMILES string of the molecule is CCCC/C(C)=N\NC(=O)[C@H](CSCc1ccccc1)NC(=O)c1ccc([N+](=O)[O-])cc1. The van der Waals surface area contributed by atoms with Crippen molar-refractivity contribution in [2.75, 3.05) is 5.75 Å². The Hall–Kier alpha value is -3.20. The predicted molar refractivity (Wildman–Crippen MR) is 128 cm³/mol. The van der Waals surface area contributed by atoms with Gasteiger partial charge < -0.3 is 5.32 Å². The molecule has 0 radical (unpaired) electrons. The van der Waals surface area contributed by atoms with E-state index in [1.54, 1.807) is 0 Å². The molecule has 0 heterocycles. The highest BCUT2D eigenvalue weighted by Gasteiger charge is 2.22. The third-order valence-electron chi connectivity index (χ3n) is 4.61. The largest absolute Gasteiger partial charge is 0.339 e. The minimum Gasteiger partial charge on any atom is -0.339 e. The fraction of sp³-hybridized carbons (Fsp3) is 0.348. The molecule has 0 bridgehead atoms. The highest BCUT2D eigenvalue weighted by Crippen LogP contribution is 2.15. The van der Waals surface area contributed by atoms with Gasteiger partial charge in [0.15, 0.2) is 0 Å². The molecule has 0 saturated carbocycles. The van der Waals surface area contributed by atoms with Gasteiger partial charge in [-0.3, -0.25) is 19.7 Å². The summed E-state index contributed by atoms with van der Waals surface area (Å²) in [5.41, 5.74) is 4.62. The number of carbonyl (C=O) groups is 2. The van der Waals surface area contributed by atoms with Crippen molar-refractivity contribution in [1.82, 2.24) is 10.7 Å². The Balaban J connectivity index is 2.04. The number of rotatable bonds is 12.